The fraction of sp³-hybridized carbons (Fsp3) is 0.316. The Balaban J connectivity index is 1.97. The second kappa shape index (κ2) is 5.97. The zero-order valence-corrected chi connectivity index (χ0v) is 13.3. The molecule has 1 N–H and O–H groups in total. The first-order valence-electron chi connectivity index (χ1n) is 8.34. The van der Waals surface area contributed by atoms with Crippen molar-refractivity contribution in [3.05, 3.63) is 47.9 Å². The lowest BCUT2D eigenvalue weighted by molar-refractivity contribution is 0.431. The summed E-state index contributed by atoms with van der Waals surface area (Å²) in [4.78, 5) is 4.47. The third-order valence-electron chi connectivity index (χ3n) is 4.83. The van der Waals surface area contributed by atoms with Crippen molar-refractivity contribution in [3.63, 3.8) is 0 Å². The lowest BCUT2D eigenvalue weighted by atomic mass is 9.84. The Labute approximate surface area is 140 Å². The molecule has 120 valence electrons. The molecule has 5 heteroatoms. The maximum absolute atomic E-state index is 9.85. The minimum atomic E-state index is 0.236. The van der Waals surface area contributed by atoms with Crippen LogP contribution in [0, 0.1) is 11.3 Å². The van der Waals surface area contributed by atoms with E-state index in [9.17, 15) is 10.4 Å². The van der Waals surface area contributed by atoms with Crippen LogP contribution >= 0.6 is 0 Å². The lowest BCUT2D eigenvalue weighted by Crippen LogP contribution is -2.12. The van der Waals surface area contributed by atoms with Crippen molar-refractivity contribution >= 4 is 5.65 Å². The van der Waals surface area contributed by atoms with Crippen LogP contribution in [0.4, 0.5) is 0 Å². The quantitative estimate of drug-likeness (QED) is 0.774. The maximum Gasteiger partial charge on any atom is 0.173 e. The molecule has 0 radical (unpaired) electrons. The maximum atomic E-state index is 9.85. The van der Waals surface area contributed by atoms with Gasteiger partial charge in [-0.1, -0.05) is 31.4 Å². The summed E-state index contributed by atoms with van der Waals surface area (Å²) < 4.78 is 1.83. The second-order valence-electron chi connectivity index (χ2n) is 6.35. The highest BCUT2D eigenvalue weighted by Crippen LogP contribution is 2.38. The zero-order chi connectivity index (χ0) is 16.5. The highest BCUT2D eigenvalue weighted by molar-refractivity contribution is 5.70. The van der Waals surface area contributed by atoms with Crippen molar-refractivity contribution in [1.82, 2.24) is 14.6 Å². The first-order valence-corrected chi connectivity index (χ1v) is 8.34. The molecule has 2 heterocycles. The minimum Gasteiger partial charge on any atom is -0.508 e. The normalized spacial score (nSPS) is 15.5. The monoisotopic (exact) mass is 318 g/mol. The molecule has 1 aliphatic rings. The number of aromatic hydroxyl groups is 1. The molecule has 0 amide bonds. The van der Waals surface area contributed by atoms with E-state index in [1.54, 1.807) is 18.3 Å². The van der Waals surface area contributed by atoms with Gasteiger partial charge in [-0.15, -0.1) is 0 Å². The highest BCUT2D eigenvalue weighted by atomic mass is 16.3. The number of rotatable bonds is 2. The Kier molecular flexibility index (Phi) is 3.66. The van der Waals surface area contributed by atoms with Gasteiger partial charge in [-0.05, 0) is 30.5 Å². The van der Waals surface area contributed by atoms with Crippen LogP contribution in [0.5, 0.6) is 5.75 Å². The molecule has 0 atom stereocenters. The molecule has 2 aromatic heterocycles. The number of fused-ring (bicyclic) bond motifs is 1. The van der Waals surface area contributed by atoms with E-state index in [2.05, 4.69) is 16.2 Å². The van der Waals surface area contributed by atoms with Crippen LogP contribution < -0.4 is 0 Å². The van der Waals surface area contributed by atoms with Gasteiger partial charge < -0.3 is 5.11 Å². The second-order valence-corrected chi connectivity index (χ2v) is 6.35. The van der Waals surface area contributed by atoms with Crippen LogP contribution in [-0.4, -0.2) is 19.7 Å². The molecule has 1 saturated carbocycles. The van der Waals surface area contributed by atoms with Gasteiger partial charge in [0.25, 0.3) is 0 Å². The smallest absolute Gasteiger partial charge is 0.173 e. The van der Waals surface area contributed by atoms with Crippen LogP contribution in [0.2, 0.25) is 0 Å². The van der Waals surface area contributed by atoms with Gasteiger partial charge >= 0.3 is 0 Å². The van der Waals surface area contributed by atoms with Gasteiger partial charge in [-0.25, -0.2) is 9.50 Å². The van der Waals surface area contributed by atoms with E-state index in [-0.39, 0.29) is 5.75 Å². The number of hydrogen-bond donors (Lipinski definition) is 1. The van der Waals surface area contributed by atoms with Gasteiger partial charge in [0.2, 0.25) is 0 Å². The van der Waals surface area contributed by atoms with Crippen molar-refractivity contribution in [3.8, 4) is 22.9 Å². The molecular formula is C19H18N4O. The average molecular weight is 318 g/mol. The van der Waals surface area contributed by atoms with Crippen molar-refractivity contribution in [1.29, 1.82) is 5.26 Å². The van der Waals surface area contributed by atoms with E-state index in [0.29, 0.717) is 17.1 Å². The van der Waals surface area contributed by atoms with Crippen molar-refractivity contribution in [2.24, 2.45) is 0 Å². The number of benzene rings is 1. The van der Waals surface area contributed by atoms with Gasteiger partial charge in [-0.3, -0.25) is 0 Å². The number of nitriles is 1. The van der Waals surface area contributed by atoms with Crippen LogP contribution in [0.25, 0.3) is 16.8 Å². The average Bonchev–Trinajstić information content (AvgIpc) is 3.05. The van der Waals surface area contributed by atoms with Gasteiger partial charge in [0.05, 0.1) is 11.9 Å². The van der Waals surface area contributed by atoms with Gasteiger partial charge in [0, 0.05) is 17.7 Å². The molecule has 1 fully saturated rings. The molecule has 0 aliphatic heterocycles. The van der Waals surface area contributed by atoms with Crippen LogP contribution in [0.1, 0.15) is 49.3 Å². The molecule has 0 saturated heterocycles. The Bertz CT molecular complexity index is 932. The van der Waals surface area contributed by atoms with E-state index in [4.69, 9.17) is 0 Å². The summed E-state index contributed by atoms with van der Waals surface area (Å²) in [5, 5.41) is 23.6. The Morgan fingerprint density at radius 3 is 2.75 bits per heavy atom. The molecule has 4 rings (SSSR count). The lowest BCUT2D eigenvalue weighted by Gasteiger charge is -2.24. The summed E-state index contributed by atoms with van der Waals surface area (Å²) in [5.41, 5.74) is 4.13. The SMILES string of the molecule is N#Cc1cnn2c(C3CCCCC3)c(-c3cccc(O)c3)cnc12. The fourth-order valence-corrected chi connectivity index (χ4v) is 3.69. The predicted octanol–water partition coefficient (Wildman–Crippen LogP) is 4.02. The molecule has 0 bridgehead atoms. The third kappa shape index (κ3) is 2.41. The van der Waals surface area contributed by atoms with E-state index < -0.39 is 0 Å². The number of aromatic nitrogens is 3. The number of hydrogen-bond acceptors (Lipinski definition) is 4. The Morgan fingerprint density at radius 2 is 2.00 bits per heavy atom. The van der Waals surface area contributed by atoms with E-state index in [1.165, 1.54) is 19.3 Å². The summed E-state index contributed by atoms with van der Waals surface area (Å²) in [6.07, 6.45) is 9.33. The number of phenolic OH excluding ortho intramolecular Hbond substituents is 1. The summed E-state index contributed by atoms with van der Waals surface area (Å²) in [5.74, 6) is 0.633. The van der Waals surface area contributed by atoms with Crippen LogP contribution in [0.3, 0.4) is 0 Å². The summed E-state index contributed by atoms with van der Waals surface area (Å²) in [7, 11) is 0. The van der Waals surface area contributed by atoms with Crippen LogP contribution in [-0.2, 0) is 0 Å². The Hall–Kier alpha value is -2.87. The molecule has 24 heavy (non-hydrogen) atoms. The molecule has 3 aromatic rings. The van der Waals surface area contributed by atoms with E-state index in [1.807, 2.05) is 22.8 Å². The predicted molar refractivity (Wildman–Crippen MR) is 90.6 cm³/mol. The fourth-order valence-electron chi connectivity index (χ4n) is 3.69. The number of phenols is 1. The summed E-state index contributed by atoms with van der Waals surface area (Å²) in [6.45, 7) is 0. The van der Waals surface area contributed by atoms with Crippen molar-refractivity contribution in [2.75, 3.05) is 0 Å². The first-order chi connectivity index (χ1) is 11.8. The standard InChI is InChI=1S/C19H18N4O/c20-10-15-11-22-23-18(13-5-2-1-3-6-13)17(12-21-19(15)23)14-7-4-8-16(24)9-14/h4,7-9,11-13,24H,1-3,5-6H2. The molecule has 1 aliphatic carbocycles. The molecule has 1 aromatic carbocycles. The van der Waals surface area contributed by atoms with E-state index in [0.717, 1.165) is 29.7 Å². The molecule has 5 nitrogen and oxygen atoms in total. The molecular weight excluding hydrogens is 300 g/mol. The number of nitrogens with zero attached hydrogens (tertiary/aromatic N) is 4. The first kappa shape index (κ1) is 14.7. The van der Waals surface area contributed by atoms with Crippen molar-refractivity contribution in [2.45, 2.75) is 38.0 Å². The van der Waals surface area contributed by atoms with Gasteiger partial charge in [-0.2, -0.15) is 10.4 Å². The summed E-state index contributed by atoms with van der Waals surface area (Å²) in [6, 6.07) is 9.39. The van der Waals surface area contributed by atoms with Crippen LogP contribution in [0.15, 0.2) is 36.7 Å². The van der Waals surface area contributed by atoms with E-state index >= 15 is 0 Å². The zero-order valence-electron chi connectivity index (χ0n) is 13.3. The van der Waals surface area contributed by atoms with Crippen molar-refractivity contribution < 1.29 is 5.11 Å². The molecule has 0 spiro atoms. The highest BCUT2D eigenvalue weighted by Gasteiger charge is 2.24. The summed E-state index contributed by atoms with van der Waals surface area (Å²) >= 11 is 0. The minimum absolute atomic E-state index is 0.236. The van der Waals surface area contributed by atoms with Gasteiger partial charge in [0.15, 0.2) is 5.65 Å². The topological polar surface area (TPSA) is 74.2 Å². The largest absolute Gasteiger partial charge is 0.508 e. The van der Waals surface area contributed by atoms with Gasteiger partial charge in [0.1, 0.15) is 17.4 Å². The third-order valence-corrected chi connectivity index (χ3v) is 4.83. The Morgan fingerprint density at radius 1 is 1.17 bits per heavy atom. The molecule has 0 unspecified atom stereocenters.